The molecule has 8 heteroatoms. The van der Waals surface area contributed by atoms with Crippen LogP contribution < -0.4 is 10.6 Å². The van der Waals surface area contributed by atoms with Crippen LogP contribution in [0, 0.1) is 0 Å². The largest absolute Gasteiger partial charge is 0.394 e. The number of amides is 1. The average Bonchev–Trinajstić information content (AvgIpc) is 2.56. The van der Waals surface area contributed by atoms with Crippen LogP contribution >= 0.6 is 0 Å². The molecule has 0 fully saturated rings. The standard InChI is InChI=1S/C15H24N2O6/c1-9(19)14(21)12(8-18)23-13(20)7-17-15(22)10-5-3-4-6-11(10)16-2/h3-6,9,12-14,16,18-21H,7-8H2,1-2H3,(H,17,22)/t9-,12?,13?,14-/m0/s1. The minimum Gasteiger partial charge on any atom is -0.394 e. The number of hydrogen-bond donors (Lipinski definition) is 6. The summed E-state index contributed by atoms with van der Waals surface area (Å²) < 4.78 is 5.03. The number of aliphatic hydroxyl groups is 4. The van der Waals surface area contributed by atoms with Gasteiger partial charge in [-0.3, -0.25) is 4.79 Å². The topological polar surface area (TPSA) is 131 Å². The van der Waals surface area contributed by atoms with Crippen LogP contribution in [0.1, 0.15) is 17.3 Å². The van der Waals surface area contributed by atoms with Gasteiger partial charge in [-0.1, -0.05) is 12.1 Å². The molecule has 130 valence electrons. The van der Waals surface area contributed by atoms with Crippen molar-refractivity contribution >= 4 is 11.6 Å². The quantitative estimate of drug-likeness (QED) is 0.317. The van der Waals surface area contributed by atoms with Gasteiger partial charge in [-0.25, -0.2) is 0 Å². The molecule has 0 heterocycles. The summed E-state index contributed by atoms with van der Waals surface area (Å²) in [5.74, 6) is -0.408. The van der Waals surface area contributed by atoms with Gasteiger partial charge >= 0.3 is 0 Å². The van der Waals surface area contributed by atoms with Gasteiger partial charge in [0.2, 0.25) is 0 Å². The highest BCUT2D eigenvalue weighted by Crippen LogP contribution is 2.13. The maximum absolute atomic E-state index is 12.1. The Labute approximate surface area is 134 Å². The van der Waals surface area contributed by atoms with Gasteiger partial charge in [-0.2, -0.15) is 0 Å². The Morgan fingerprint density at radius 3 is 2.48 bits per heavy atom. The summed E-state index contributed by atoms with van der Waals surface area (Å²) in [7, 11) is 1.69. The van der Waals surface area contributed by atoms with Gasteiger partial charge in [0.05, 0.1) is 24.8 Å². The molecule has 0 bridgehead atoms. The first kappa shape index (κ1) is 19.3. The minimum absolute atomic E-state index is 0.236. The SMILES string of the molecule is CNc1ccccc1C(=O)NCC(O)OC(CO)[C@@H](O)[C@H](C)O. The van der Waals surface area contributed by atoms with E-state index in [-0.39, 0.29) is 6.54 Å². The molecular formula is C15H24N2O6. The molecule has 0 saturated carbocycles. The lowest BCUT2D eigenvalue weighted by Crippen LogP contribution is -2.44. The number of carbonyl (C=O) groups is 1. The first-order chi connectivity index (χ1) is 10.9. The zero-order valence-corrected chi connectivity index (χ0v) is 13.1. The van der Waals surface area contributed by atoms with Crippen molar-refractivity contribution in [2.24, 2.45) is 0 Å². The van der Waals surface area contributed by atoms with E-state index in [0.29, 0.717) is 11.3 Å². The Hall–Kier alpha value is -1.71. The molecule has 2 unspecified atom stereocenters. The predicted molar refractivity (Wildman–Crippen MR) is 84.0 cm³/mol. The third-order valence-electron chi connectivity index (χ3n) is 3.27. The van der Waals surface area contributed by atoms with Crippen LogP contribution in [-0.4, -0.2) is 71.1 Å². The van der Waals surface area contributed by atoms with Gasteiger partial charge in [0, 0.05) is 12.7 Å². The first-order valence-electron chi connectivity index (χ1n) is 7.26. The number of rotatable bonds is 9. The van der Waals surface area contributed by atoms with Gasteiger partial charge in [-0.15, -0.1) is 0 Å². The van der Waals surface area contributed by atoms with E-state index in [1.807, 2.05) is 0 Å². The Balaban J connectivity index is 2.55. The smallest absolute Gasteiger partial charge is 0.253 e. The van der Waals surface area contributed by atoms with Crippen LogP contribution in [0.3, 0.4) is 0 Å². The summed E-state index contributed by atoms with van der Waals surface area (Å²) in [5, 5.41) is 43.1. The van der Waals surface area contributed by atoms with Gasteiger partial charge < -0.3 is 35.8 Å². The molecule has 1 aromatic carbocycles. The van der Waals surface area contributed by atoms with Gasteiger partial charge in [0.15, 0.2) is 6.29 Å². The van der Waals surface area contributed by atoms with E-state index in [0.717, 1.165) is 0 Å². The second-order valence-electron chi connectivity index (χ2n) is 5.05. The number of ether oxygens (including phenoxy) is 1. The number of benzene rings is 1. The van der Waals surface area contributed by atoms with Gasteiger partial charge in [-0.05, 0) is 19.1 Å². The molecule has 0 saturated heterocycles. The van der Waals surface area contributed by atoms with E-state index >= 15 is 0 Å². The van der Waals surface area contributed by atoms with Crippen LogP contribution in [0.2, 0.25) is 0 Å². The Kier molecular flexibility index (Phi) is 7.93. The minimum atomic E-state index is -1.44. The fourth-order valence-corrected chi connectivity index (χ4v) is 1.97. The zero-order valence-electron chi connectivity index (χ0n) is 13.1. The lowest BCUT2D eigenvalue weighted by Gasteiger charge is -2.26. The highest BCUT2D eigenvalue weighted by Gasteiger charge is 2.26. The third kappa shape index (κ3) is 5.77. The van der Waals surface area contributed by atoms with E-state index in [2.05, 4.69) is 10.6 Å². The Morgan fingerprint density at radius 1 is 1.26 bits per heavy atom. The molecule has 6 N–H and O–H groups in total. The molecule has 1 aromatic rings. The summed E-state index contributed by atoms with van der Waals surface area (Å²) in [6, 6.07) is 6.86. The third-order valence-corrected chi connectivity index (χ3v) is 3.27. The molecule has 0 aliphatic carbocycles. The van der Waals surface area contributed by atoms with Gasteiger partial charge in [0.1, 0.15) is 12.2 Å². The number of carbonyl (C=O) groups excluding carboxylic acids is 1. The van der Waals surface area contributed by atoms with Crippen LogP contribution in [0.5, 0.6) is 0 Å². The predicted octanol–water partition coefficient (Wildman–Crippen LogP) is -1.10. The Morgan fingerprint density at radius 2 is 1.91 bits per heavy atom. The summed E-state index contributed by atoms with van der Waals surface area (Å²) in [6.07, 6.45) is -5.08. The molecular weight excluding hydrogens is 304 g/mol. The molecule has 0 aromatic heterocycles. The van der Waals surface area contributed by atoms with Crippen molar-refractivity contribution in [2.75, 3.05) is 25.5 Å². The van der Waals surface area contributed by atoms with E-state index in [4.69, 9.17) is 9.84 Å². The van der Waals surface area contributed by atoms with Crippen molar-refractivity contribution in [3.63, 3.8) is 0 Å². The number of nitrogens with one attached hydrogen (secondary N) is 2. The lowest BCUT2D eigenvalue weighted by atomic mass is 10.1. The van der Waals surface area contributed by atoms with E-state index in [1.54, 1.807) is 31.3 Å². The van der Waals surface area contributed by atoms with Gasteiger partial charge in [0.25, 0.3) is 5.91 Å². The maximum atomic E-state index is 12.1. The molecule has 23 heavy (non-hydrogen) atoms. The van der Waals surface area contributed by atoms with Crippen LogP contribution in [-0.2, 0) is 4.74 Å². The molecule has 8 nitrogen and oxygen atoms in total. The normalized spacial score (nSPS) is 16.3. The molecule has 0 aliphatic rings. The van der Waals surface area contributed by atoms with Crippen LogP contribution in [0.25, 0.3) is 0 Å². The van der Waals surface area contributed by atoms with Crippen molar-refractivity contribution < 1.29 is 30.0 Å². The summed E-state index contributed by atoms with van der Waals surface area (Å²) in [6.45, 7) is 0.513. The van der Waals surface area contributed by atoms with Crippen LogP contribution in [0.15, 0.2) is 24.3 Å². The van der Waals surface area contributed by atoms with E-state index < -0.39 is 37.1 Å². The number of aliphatic hydroxyl groups excluding tert-OH is 4. The molecule has 0 spiro atoms. The van der Waals surface area contributed by atoms with Crippen molar-refractivity contribution in [1.82, 2.24) is 5.32 Å². The maximum Gasteiger partial charge on any atom is 0.253 e. The lowest BCUT2D eigenvalue weighted by molar-refractivity contribution is -0.186. The zero-order chi connectivity index (χ0) is 17.4. The number of para-hydroxylation sites is 1. The highest BCUT2D eigenvalue weighted by atomic mass is 16.6. The monoisotopic (exact) mass is 328 g/mol. The Bertz CT molecular complexity index is 497. The molecule has 0 aliphatic heterocycles. The van der Waals surface area contributed by atoms with Crippen molar-refractivity contribution in [1.29, 1.82) is 0 Å². The molecule has 1 amide bonds. The second kappa shape index (κ2) is 9.43. The molecule has 0 radical (unpaired) electrons. The number of hydrogen-bond acceptors (Lipinski definition) is 7. The molecule has 1 rings (SSSR count). The fourth-order valence-electron chi connectivity index (χ4n) is 1.97. The average molecular weight is 328 g/mol. The summed E-state index contributed by atoms with van der Waals surface area (Å²) in [5.41, 5.74) is 1.04. The molecule has 4 atom stereocenters. The number of anilines is 1. The van der Waals surface area contributed by atoms with Crippen molar-refractivity contribution in [3.05, 3.63) is 29.8 Å². The highest BCUT2D eigenvalue weighted by molar-refractivity contribution is 5.99. The van der Waals surface area contributed by atoms with E-state index in [9.17, 15) is 20.1 Å². The first-order valence-corrected chi connectivity index (χ1v) is 7.26. The van der Waals surface area contributed by atoms with Crippen LogP contribution in [0.4, 0.5) is 5.69 Å². The summed E-state index contributed by atoms with van der Waals surface area (Å²) >= 11 is 0. The van der Waals surface area contributed by atoms with E-state index in [1.165, 1.54) is 6.92 Å². The summed E-state index contributed by atoms with van der Waals surface area (Å²) in [4.78, 5) is 12.1. The van der Waals surface area contributed by atoms with Crippen molar-refractivity contribution in [2.45, 2.75) is 31.5 Å². The van der Waals surface area contributed by atoms with Crippen molar-refractivity contribution in [3.8, 4) is 0 Å². The fraction of sp³-hybridized carbons (Fsp3) is 0.533. The second-order valence-corrected chi connectivity index (χ2v) is 5.05.